The van der Waals surface area contributed by atoms with Crippen LogP contribution in [-0.4, -0.2) is 16.2 Å². The third-order valence-electron chi connectivity index (χ3n) is 4.33. The van der Waals surface area contributed by atoms with Crippen molar-refractivity contribution < 1.29 is 5.11 Å². The van der Waals surface area contributed by atoms with Crippen LogP contribution >= 0.6 is 11.3 Å². The first-order chi connectivity index (χ1) is 9.81. The van der Waals surface area contributed by atoms with Crippen LogP contribution in [0.1, 0.15) is 50.0 Å². The summed E-state index contributed by atoms with van der Waals surface area (Å²) in [6.45, 7) is 0. The Morgan fingerprint density at radius 2 is 1.90 bits per heavy atom. The highest BCUT2D eigenvalue weighted by molar-refractivity contribution is 7.18. The molecule has 0 aliphatic heterocycles. The van der Waals surface area contributed by atoms with Crippen LogP contribution in [0.15, 0.2) is 24.3 Å². The van der Waals surface area contributed by atoms with Gasteiger partial charge in [-0.15, -0.1) is 11.3 Å². The Labute approximate surface area is 124 Å². The van der Waals surface area contributed by atoms with Crippen molar-refractivity contribution in [1.29, 1.82) is 0 Å². The van der Waals surface area contributed by atoms with Gasteiger partial charge in [-0.05, 0) is 24.5 Å². The maximum absolute atomic E-state index is 10.3. The number of para-hydroxylation sites is 1. The highest BCUT2D eigenvalue weighted by Crippen LogP contribution is 2.28. The van der Waals surface area contributed by atoms with Crippen LogP contribution in [0.4, 0.5) is 0 Å². The number of aromatic nitrogens is 1. The summed E-state index contributed by atoms with van der Waals surface area (Å²) >= 11 is 1.72. The number of aliphatic hydroxyl groups is 1. The fourth-order valence-corrected chi connectivity index (χ4v) is 4.31. The highest BCUT2D eigenvalue weighted by Gasteiger charge is 2.18. The molecule has 1 atom stereocenters. The molecule has 1 saturated carbocycles. The molecule has 0 saturated heterocycles. The third-order valence-corrected chi connectivity index (χ3v) is 5.39. The summed E-state index contributed by atoms with van der Waals surface area (Å²) in [5.74, 6) is 0.724. The molecule has 0 spiro atoms. The van der Waals surface area contributed by atoms with E-state index in [9.17, 15) is 5.11 Å². The molecule has 2 nitrogen and oxygen atoms in total. The van der Waals surface area contributed by atoms with E-state index in [4.69, 9.17) is 0 Å². The fourth-order valence-electron chi connectivity index (χ4n) is 3.28. The molecule has 0 bridgehead atoms. The summed E-state index contributed by atoms with van der Waals surface area (Å²) in [5, 5.41) is 11.4. The van der Waals surface area contributed by atoms with E-state index in [2.05, 4.69) is 11.1 Å². The number of fused-ring (bicyclic) bond motifs is 1. The highest BCUT2D eigenvalue weighted by atomic mass is 32.1. The smallest absolute Gasteiger partial charge is 0.0964 e. The number of hydrogen-bond donors (Lipinski definition) is 1. The summed E-state index contributed by atoms with van der Waals surface area (Å²) in [7, 11) is 0. The van der Waals surface area contributed by atoms with Gasteiger partial charge in [0.2, 0.25) is 0 Å². The number of rotatable bonds is 4. The normalized spacial score (nSPS) is 19.1. The second kappa shape index (κ2) is 6.68. The molecule has 1 heterocycles. The van der Waals surface area contributed by atoms with E-state index in [1.807, 2.05) is 18.2 Å². The molecule has 1 aliphatic carbocycles. The predicted molar refractivity (Wildman–Crippen MR) is 85.1 cm³/mol. The Morgan fingerprint density at radius 1 is 1.15 bits per heavy atom. The average molecular weight is 289 g/mol. The van der Waals surface area contributed by atoms with Gasteiger partial charge < -0.3 is 5.11 Å². The first-order valence-electron chi connectivity index (χ1n) is 7.84. The number of aliphatic hydroxyl groups excluding tert-OH is 1. The second-order valence-electron chi connectivity index (χ2n) is 6.03. The lowest BCUT2D eigenvalue weighted by Crippen LogP contribution is -2.16. The van der Waals surface area contributed by atoms with Crippen molar-refractivity contribution >= 4 is 21.6 Å². The number of thiazole rings is 1. The monoisotopic (exact) mass is 289 g/mol. The van der Waals surface area contributed by atoms with E-state index in [0.717, 1.165) is 29.3 Å². The Kier molecular flexibility index (Phi) is 4.69. The predicted octanol–water partition coefficient (Wildman–Crippen LogP) is 4.56. The van der Waals surface area contributed by atoms with Gasteiger partial charge in [-0.1, -0.05) is 50.7 Å². The molecule has 0 radical (unpaired) electrons. The van der Waals surface area contributed by atoms with Gasteiger partial charge in [0.15, 0.2) is 0 Å². The molecule has 3 heteroatoms. The van der Waals surface area contributed by atoms with Gasteiger partial charge in [0.25, 0.3) is 0 Å². The molecule has 0 amide bonds. The van der Waals surface area contributed by atoms with Gasteiger partial charge in [-0.2, -0.15) is 0 Å². The van der Waals surface area contributed by atoms with E-state index >= 15 is 0 Å². The zero-order chi connectivity index (χ0) is 13.8. The number of hydrogen-bond acceptors (Lipinski definition) is 3. The summed E-state index contributed by atoms with van der Waals surface area (Å²) in [5.41, 5.74) is 1.06. The van der Waals surface area contributed by atoms with Crippen LogP contribution in [0.5, 0.6) is 0 Å². The van der Waals surface area contributed by atoms with Crippen LogP contribution in [-0.2, 0) is 6.42 Å². The zero-order valence-electron chi connectivity index (χ0n) is 11.9. The maximum atomic E-state index is 10.3. The minimum absolute atomic E-state index is 0.223. The molecule has 108 valence electrons. The average Bonchev–Trinajstić information content (AvgIpc) is 2.66. The Balaban J connectivity index is 1.58. The largest absolute Gasteiger partial charge is 0.393 e. The minimum atomic E-state index is -0.223. The van der Waals surface area contributed by atoms with Crippen LogP contribution in [0, 0.1) is 5.92 Å². The summed E-state index contributed by atoms with van der Waals surface area (Å²) in [6, 6.07) is 8.22. The van der Waals surface area contributed by atoms with Crippen molar-refractivity contribution in [3.63, 3.8) is 0 Å². The Hall–Kier alpha value is -0.930. The molecule has 1 N–H and O–H groups in total. The van der Waals surface area contributed by atoms with Crippen LogP contribution in [0.3, 0.4) is 0 Å². The third kappa shape index (κ3) is 3.58. The molecule has 20 heavy (non-hydrogen) atoms. The molecule has 1 aromatic carbocycles. The molecule has 3 rings (SSSR count). The van der Waals surface area contributed by atoms with E-state index < -0.39 is 0 Å². The lowest BCUT2D eigenvalue weighted by Gasteiger charge is -2.17. The van der Waals surface area contributed by atoms with Crippen LogP contribution in [0.25, 0.3) is 10.2 Å². The first kappa shape index (κ1) is 14.0. The van der Waals surface area contributed by atoms with Crippen LogP contribution in [0.2, 0.25) is 0 Å². The van der Waals surface area contributed by atoms with Crippen molar-refractivity contribution in [2.75, 3.05) is 0 Å². The van der Waals surface area contributed by atoms with E-state index in [0.29, 0.717) is 0 Å². The lowest BCUT2D eigenvalue weighted by atomic mass is 9.93. The Bertz CT molecular complexity index is 510. The van der Waals surface area contributed by atoms with Crippen molar-refractivity contribution in [1.82, 2.24) is 4.98 Å². The second-order valence-corrected chi connectivity index (χ2v) is 7.14. The van der Waals surface area contributed by atoms with Crippen LogP contribution < -0.4 is 0 Å². The number of nitrogens with zero attached hydrogens (tertiary/aromatic N) is 1. The molecular formula is C17H23NOS. The molecule has 1 unspecified atom stereocenters. The summed E-state index contributed by atoms with van der Waals surface area (Å²) in [6.07, 6.45) is 9.50. The van der Waals surface area contributed by atoms with Gasteiger partial charge in [0, 0.05) is 6.42 Å². The van der Waals surface area contributed by atoms with E-state index in [1.54, 1.807) is 11.3 Å². The number of benzene rings is 1. The first-order valence-corrected chi connectivity index (χ1v) is 8.65. The standard InChI is InChI=1S/C17H23NOS/c19-14(11-13-7-3-1-2-4-8-13)12-17-18-15-9-5-6-10-16(15)20-17/h5-6,9-10,13-14,19H,1-4,7-8,11-12H2. The molecule has 1 aromatic heterocycles. The minimum Gasteiger partial charge on any atom is -0.393 e. The van der Waals surface area contributed by atoms with Crippen molar-refractivity contribution in [3.05, 3.63) is 29.3 Å². The zero-order valence-corrected chi connectivity index (χ0v) is 12.7. The van der Waals surface area contributed by atoms with Crippen molar-refractivity contribution in [3.8, 4) is 0 Å². The SMILES string of the molecule is OC(Cc1nc2ccccc2s1)CC1CCCCCC1. The topological polar surface area (TPSA) is 33.1 Å². The van der Waals surface area contributed by atoms with Crippen molar-refractivity contribution in [2.45, 2.75) is 57.5 Å². The van der Waals surface area contributed by atoms with E-state index in [-0.39, 0.29) is 6.10 Å². The van der Waals surface area contributed by atoms with Crippen molar-refractivity contribution in [2.24, 2.45) is 5.92 Å². The van der Waals surface area contributed by atoms with Gasteiger partial charge in [-0.25, -0.2) is 4.98 Å². The lowest BCUT2D eigenvalue weighted by molar-refractivity contribution is 0.137. The maximum Gasteiger partial charge on any atom is 0.0964 e. The van der Waals surface area contributed by atoms with Gasteiger partial charge in [-0.3, -0.25) is 0 Å². The molecule has 2 aromatic rings. The quantitative estimate of drug-likeness (QED) is 0.837. The summed E-state index contributed by atoms with van der Waals surface area (Å²) in [4.78, 5) is 4.62. The molecule has 1 fully saturated rings. The van der Waals surface area contributed by atoms with Gasteiger partial charge >= 0.3 is 0 Å². The fraction of sp³-hybridized carbons (Fsp3) is 0.588. The summed E-state index contributed by atoms with van der Waals surface area (Å²) < 4.78 is 1.23. The van der Waals surface area contributed by atoms with E-state index in [1.165, 1.54) is 43.2 Å². The van der Waals surface area contributed by atoms with Gasteiger partial charge in [0.1, 0.15) is 0 Å². The Morgan fingerprint density at radius 3 is 2.65 bits per heavy atom. The van der Waals surface area contributed by atoms with Gasteiger partial charge in [0.05, 0.1) is 21.3 Å². The molecular weight excluding hydrogens is 266 g/mol. The molecule has 1 aliphatic rings.